The van der Waals surface area contributed by atoms with Gasteiger partial charge in [0.2, 0.25) is 5.91 Å². The molecule has 0 radical (unpaired) electrons. The first kappa shape index (κ1) is 15.5. The largest absolute Gasteiger partial charge is 0.484 e. The lowest BCUT2D eigenvalue weighted by atomic mass is 10.1. The average molecular weight is 316 g/mol. The topological polar surface area (TPSA) is 103 Å². The third kappa shape index (κ3) is 4.07. The van der Waals surface area contributed by atoms with Crippen molar-refractivity contribution >= 4 is 5.91 Å². The van der Waals surface area contributed by atoms with E-state index in [9.17, 15) is 4.79 Å². The maximum atomic E-state index is 11.0. The first-order chi connectivity index (χ1) is 11.2. The van der Waals surface area contributed by atoms with Gasteiger partial charge in [0.15, 0.2) is 12.4 Å². The van der Waals surface area contributed by atoms with Crippen LogP contribution in [0.1, 0.15) is 53.8 Å². The zero-order valence-electron chi connectivity index (χ0n) is 12.8. The number of carbonyl (C=O) groups excluding carboxylic acids is 1. The van der Waals surface area contributed by atoms with Crippen molar-refractivity contribution in [2.45, 2.75) is 38.3 Å². The molecule has 0 spiro atoms. The van der Waals surface area contributed by atoms with Gasteiger partial charge in [-0.3, -0.25) is 4.79 Å². The van der Waals surface area contributed by atoms with Crippen LogP contribution < -0.4 is 15.8 Å². The highest BCUT2D eigenvalue weighted by molar-refractivity contribution is 5.92. The van der Waals surface area contributed by atoms with Gasteiger partial charge in [-0.2, -0.15) is 4.98 Å². The number of nitrogens with zero attached hydrogens (tertiary/aromatic N) is 2. The highest BCUT2D eigenvalue weighted by atomic mass is 16.5. The molecule has 122 valence electrons. The summed E-state index contributed by atoms with van der Waals surface area (Å²) in [5.74, 6) is 1.27. The summed E-state index contributed by atoms with van der Waals surface area (Å²) in [6, 6.07) is 6.76. The second kappa shape index (κ2) is 7.23. The van der Waals surface area contributed by atoms with Gasteiger partial charge in [-0.15, -0.1) is 0 Å². The number of hydrogen-bond acceptors (Lipinski definition) is 6. The van der Waals surface area contributed by atoms with Crippen molar-refractivity contribution in [3.05, 3.63) is 41.5 Å². The molecule has 1 amide bonds. The van der Waals surface area contributed by atoms with E-state index in [-0.39, 0.29) is 12.6 Å². The summed E-state index contributed by atoms with van der Waals surface area (Å²) in [5, 5.41) is 7.47. The molecule has 2 aromatic rings. The summed E-state index contributed by atoms with van der Waals surface area (Å²) < 4.78 is 10.8. The lowest BCUT2D eigenvalue weighted by molar-refractivity contribution is 0.1000. The van der Waals surface area contributed by atoms with Gasteiger partial charge in [0.1, 0.15) is 5.75 Å². The van der Waals surface area contributed by atoms with Gasteiger partial charge >= 0.3 is 0 Å². The van der Waals surface area contributed by atoms with Gasteiger partial charge < -0.3 is 20.3 Å². The molecule has 1 aliphatic heterocycles. The standard InChI is InChI=1S/C16H20N4O3/c17-15(21)11-5-7-12(8-6-11)22-10-14-19-16(20-23-14)13-4-2-1-3-9-18-13/h5-8,13,18H,1-4,9-10H2,(H2,17,21)/t13-/m1/s1. The van der Waals surface area contributed by atoms with Crippen molar-refractivity contribution in [3.63, 3.8) is 0 Å². The van der Waals surface area contributed by atoms with E-state index in [2.05, 4.69) is 15.5 Å². The highest BCUT2D eigenvalue weighted by Crippen LogP contribution is 2.21. The molecule has 0 bridgehead atoms. The molecule has 1 aromatic heterocycles. The van der Waals surface area contributed by atoms with Crippen LogP contribution in [0.25, 0.3) is 0 Å². The van der Waals surface area contributed by atoms with Crippen LogP contribution in [0.5, 0.6) is 5.75 Å². The Kier molecular flexibility index (Phi) is 4.87. The Morgan fingerprint density at radius 2 is 2.13 bits per heavy atom. The minimum Gasteiger partial charge on any atom is -0.484 e. The number of aromatic nitrogens is 2. The number of amides is 1. The van der Waals surface area contributed by atoms with E-state index in [0.29, 0.717) is 23.0 Å². The van der Waals surface area contributed by atoms with Crippen molar-refractivity contribution in [1.29, 1.82) is 0 Å². The average Bonchev–Trinajstić information content (AvgIpc) is 2.87. The van der Waals surface area contributed by atoms with E-state index in [1.165, 1.54) is 19.3 Å². The van der Waals surface area contributed by atoms with E-state index in [1.807, 2.05) is 0 Å². The maximum absolute atomic E-state index is 11.0. The number of hydrogen-bond donors (Lipinski definition) is 2. The molecule has 1 aliphatic rings. The van der Waals surface area contributed by atoms with Crippen molar-refractivity contribution in [1.82, 2.24) is 15.5 Å². The highest BCUT2D eigenvalue weighted by Gasteiger charge is 2.19. The fraction of sp³-hybridized carbons (Fsp3) is 0.438. The minimum atomic E-state index is -0.464. The number of carbonyl (C=O) groups is 1. The normalized spacial score (nSPS) is 18.3. The summed E-state index contributed by atoms with van der Waals surface area (Å²) in [6.45, 7) is 1.17. The van der Waals surface area contributed by atoms with Crippen LogP contribution in [-0.2, 0) is 6.61 Å². The molecular formula is C16H20N4O3. The Balaban J connectivity index is 1.57. The summed E-state index contributed by atoms with van der Waals surface area (Å²) >= 11 is 0. The predicted octanol–water partition coefficient (Wildman–Crippen LogP) is 1.95. The van der Waals surface area contributed by atoms with Gasteiger partial charge in [0, 0.05) is 5.56 Å². The zero-order chi connectivity index (χ0) is 16.1. The van der Waals surface area contributed by atoms with Crippen molar-refractivity contribution in [2.75, 3.05) is 6.54 Å². The Morgan fingerprint density at radius 1 is 1.30 bits per heavy atom. The molecule has 7 nitrogen and oxygen atoms in total. The SMILES string of the molecule is NC(=O)c1ccc(OCc2nc([C@H]3CCCCCN3)no2)cc1. The number of primary amides is 1. The molecule has 3 rings (SSSR count). The zero-order valence-corrected chi connectivity index (χ0v) is 12.8. The van der Waals surface area contributed by atoms with Crippen LogP contribution >= 0.6 is 0 Å². The molecule has 1 saturated heterocycles. The van der Waals surface area contributed by atoms with Gasteiger partial charge in [-0.1, -0.05) is 18.0 Å². The smallest absolute Gasteiger partial charge is 0.264 e. The lowest BCUT2D eigenvalue weighted by Crippen LogP contribution is -2.21. The molecular weight excluding hydrogens is 296 g/mol. The van der Waals surface area contributed by atoms with Crippen LogP contribution in [0.15, 0.2) is 28.8 Å². The summed E-state index contributed by atoms with van der Waals surface area (Å²) in [6.07, 6.45) is 4.61. The molecule has 1 fully saturated rings. The Morgan fingerprint density at radius 3 is 2.91 bits per heavy atom. The van der Waals surface area contributed by atoms with Crippen molar-refractivity contribution < 1.29 is 14.1 Å². The Hall–Kier alpha value is -2.41. The van der Waals surface area contributed by atoms with E-state index in [0.717, 1.165) is 13.0 Å². The second-order valence-corrected chi connectivity index (χ2v) is 5.58. The van der Waals surface area contributed by atoms with Crippen LogP contribution in [0.4, 0.5) is 0 Å². The molecule has 1 atom stereocenters. The molecule has 1 aromatic carbocycles. The van der Waals surface area contributed by atoms with E-state index in [1.54, 1.807) is 24.3 Å². The van der Waals surface area contributed by atoms with E-state index < -0.39 is 5.91 Å². The van der Waals surface area contributed by atoms with Gasteiger partial charge in [-0.05, 0) is 43.7 Å². The van der Waals surface area contributed by atoms with Crippen molar-refractivity contribution in [2.24, 2.45) is 5.73 Å². The molecule has 0 saturated carbocycles. The van der Waals surface area contributed by atoms with E-state index >= 15 is 0 Å². The van der Waals surface area contributed by atoms with Crippen molar-refractivity contribution in [3.8, 4) is 5.75 Å². The molecule has 3 N–H and O–H groups in total. The Bertz CT molecular complexity index is 646. The van der Waals surface area contributed by atoms with Crippen LogP contribution in [-0.4, -0.2) is 22.6 Å². The first-order valence-electron chi connectivity index (χ1n) is 7.81. The number of ether oxygens (including phenoxy) is 1. The minimum absolute atomic E-state index is 0.157. The monoisotopic (exact) mass is 316 g/mol. The number of nitrogens with two attached hydrogens (primary N) is 1. The molecule has 2 heterocycles. The summed E-state index contributed by atoms with van der Waals surface area (Å²) in [7, 11) is 0. The third-order valence-corrected chi connectivity index (χ3v) is 3.86. The third-order valence-electron chi connectivity index (χ3n) is 3.86. The first-order valence-corrected chi connectivity index (χ1v) is 7.81. The summed E-state index contributed by atoms with van der Waals surface area (Å²) in [4.78, 5) is 15.4. The number of rotatable bonds is 5. The van der Waals surface area contributed by atoms with E-state index in [4.69, 9.17) is 15.0 Å². The fourth-order valence-corrected chi connectivity index (χ4v) is 2.58. The van der Waals surface area contributed by atoms with Gasteiger partial charge in [0.25, 0.3) is 5.89 Å². The number of nitrogens with one attached hydrogen (secondary N) is 1. The van der Waals surface area contributed by atoms with Crippen LogP contribution in [0, 0.1) is 0 Å². The molecule has 0 unspecified atom stereocenters. The Labute approximate surface area is 134 Å². The quantitative estimate of drug-likeness (QED) is 0.874. The van der Waals surface area contributed by atoms with Gasteiger partial charge in [-0.25, -0.2) is 0 Å². The van der Waals surface area contributed by atoms with Gasteiger partial charge in [0.05, 0.1) is 6.04 Å². The fourth-order valence-electron chi connectivity index (χ4n) is 2.58. The lowest BCUT2D eigenvalue weighted by Gasteiger charge is -2.09. The maximum Gasteiger partial charge on any atom is 0.264 e. The summed E-state index contributed by atoms with van der Waals surface area (Å²) in [5.41, 5.74) is 5.64. The second-order valence-electron chi connectivity index (χ2n) is 5.58. The van der Waals surface area contributed by atoms with Crippen LogP contribution in [0.3, 0.4) is 0 Å². The molecule has 0 aliphatic carbocycles. The molecule has 7 heteroatoms. The number of benzene rings is 1. The predicted molar refractivity (Wildman–Crippen MR) is 82.8 cm³/mol. The molecule has 23 heavy (non-hydrogen) atoms. The van der Waals surface area contributed by atoms with Crippen LogP contribution in [0.2, 0.25) is 0 Å².